The summed E-state index contributed by atoms with van der Waals surface area (Å²) in [6.45, 7) is 4.98. The number of hydrogen-bond acceptors (Lipinski definition) is 8. The Bertz CT molecular complexity index is 1110. The summed E-state index contributed by atoms with van der Waals surface area (Å²) in [6, 6.07) is 13.4. The quantitative estimate of drug-likeness (QED) is 0.658. The van der Waals surface area contributed by atoms with Gasteiger partial charge in [-0.05, 0) is 54.4 Å². The van der Waals surface area contributed by atoms with Gasteiger partial charge in [-0.2, -0.15) is 0 Å². The lowest BCUT2D eigenvalue weighted by molar-refractivity contribution is -0.130. The molecule has 2 aliphatic rings. The molecule has 1 aromatic carbocycles. The molecule has 0 saturated carbocycles. The minimum atomic E-state index is 0.111. The van der Waals surface area contributed by atoms with Crippen LogP contribution in [0.25, 0.3) is 0 Å². The van der Waals surface area contributed by atoms with E-state index in [1.54, 1.807) is 6.20 Å². The third-order valence-electron chi connectivity index (χ3n) is 5.57. The minimum absolute atomic E-state index is 0.111. The molecule has 0 aliphatic carbocycles. The SMILES string of the molecule is Cc1ccnc(Nc2ccc(N3CCN(C(=O)Cc4ccc5c(c4)OCO5)CC3)nn2)c1. The number of piperazine rings is 1. The molecule has 9 heteroatoms. The van der Waals surface area contributed by atoms with E-state index in [0.717, 1.165) is 28.5 Å². The third-order valence-corrected chi connectivity index (χ3v) is 5.57. The number of ether oxygens (including phenoxy) is 2. The lowest BCUT2D eigenvalue weighted by Gasteiger charge is -2.35. The van der Waals surface area contributed by atoms with Crippen molar-refractivity contribution < 1.29 is 14.3 Å². The van der Waals surface area contributed by atoms with Crippen LogP contribution in [0.15, 0.2) is 48.7 Å². The van der Waals surface area contributed by atoms with Gasteiger partial charge in [-0.15, -0.1) is 10.2 Å². The van der Waals surface area contributed by atoms with Crippen LogP contribution in [0.1, 0.15) is 11.1 Å². The van der Waals surface area contributed by atoms with Crippen molar-refractivity contribution in [2.24, 2.45) is 0 Å². The van der Waals surface area contributed by atoms with E-state index >= 15 is 0 Å². The standard InChI is InChI=1S/C23H24N6O3/c1-16-6-7-24-21(12-16)25-20-4-5-22(27-26-20)28-8-10-29(11-9-28)23(30)14-17-2-3-18-19(13-17)32-15-31-18/h2-7,12-13H,8-11,14-15H2,1H3,(H,24,25,26). The van der Waals surface area contributed by atoms with E-state index in [-0.39, 0.29) is 12.7 Å². The predicted molar refractivity (Wildman–Crippen MR) is 119 cm³/mol. The smallest absolute Gasteiger partial charge is 0.231 e. The normalized spacial score (nSPS) is 15.0. The van der Waals surface area contributed by atoms with Crippen LogP contribution in [0.3, 0.4) is 0 Å². The largest absolute Gasteiger partial charge is 0.454 e. The monoisotopic (exact) mass is 432 g/mol. The van der Waals surface area contributed by atoms with E-state index in [4.69, 9.17) is 9.47 Å². The molecule has 5 rings (SSSR count). The highest BCUT2D eigenvalue weighted by atomic mass is 16.7. The first-order chi connectivity index (χ1) is 15.6. The number of nitrogens with zero attached hydrogens (tertiary/aromatic N) is 5. The number of rotatable bonds is 5. The molecule has 0 radical (unpaired) electrons. The highest BCUT2D eigenvalue weighted by molar-refractivity contribution is 5.79. The summed E-state index contributed by atoms with van der Waals surface area (Å²) in [5, 5.41) is 11.8. The molecule has 32 heavy (non-hydrogen) atoms. The van der Waals surface area contributed by atoms with Crippen LogP contribution in [0.4, 0.5) is 17.5 Å². The van der Waals surface area contributed by atoms with Gasteiger partial charge in [-0.3, -0.25) is 4.79 Å². The van der Waals surface area contributed by atoms with E-state index in [1.807, 2.05) is 54.3 Å². The van der Waals surface area contributed by atoms with Crippen molar-refractivity contribution in [2.75, 3.05) is 43.2 Å². The molecule has 1 N–H and O–H groups in total. The van der Waals surface area contributed by atoms with Crippen molar-refractivity contribution in [3.8, 4) is 11.5 Å². The van der Waals surface area contributed by atoms with Crippen molar-refractivity contribution in [1.82, 2.24) is 20.1 Å². The molecule has 2 aliphatic heterocycles. The number of aromatic nitrogens is 3. The molecular formula is C23H24N6O3. The van der Waals surface area contributed by atoms with Crippen LogP contribution >= 0.6 is 0 Å². The Hall–Kier alpha value is -3.88. The van der Waals surface area contributed by atoms with Crippen LogP contribution in [-0.4, -0.2) is 59.0 Å². The Morgan fingerprint density at radius 2 is 1.81 bits per heavy atom. The number of hydrogen-bond donors (Lipinski definition) is 1. The molecule has 0 spiro atoms. The molecule has 1 amide bonds. The Morgan fingerprint density at radius 3 is 2.59 bits per heavy atom. The molecule has 0 atom stereocenters. The van der Waals surface area contributed by atoms with Crippen molar-refractivity contribution in [2.45, 2.75) is 13.3 Å². The Balaban J connectivity index is 1.14. The van der Waals surface area contributed by atoms with Gasteiger partial charge < -0.3 is 24.6 Å². The molecule has 4 heterocycles. The lowest BCUT2D eigenvalue weighted by atomic mass is 10.1. The molecular weight excluding hydrogens is 408 g/mol. The summed E-state index contributed by atoms with van der Waals surface area (Å²) in [4.78, 5) is 21.1. The molecule has 9 nitrogen and oxygen atoms in total. The summed E-state index contributed by atoms with van der Waals surface area (Å²) in [7, 11) is 0. The Morgan fingerprint density at radius 1 is 0.969 bits per heavy atom. The summed E-state index contributed by atoms with van der Waals surface area (Å²) in [5.74, 6) is 3.73. The van der Waals surface area contributed by atoms with Crippen molar-refractivity contribution in [3.05, 3.63) is 59.8 Å². The molecule has 3 aromatic rings. The maximum atomic E-state index is 12.7. The zero-order valence-corrected chi connectivity index (χ0v) is 17.8. The molecule has 1 saturated heterocycles. The first-order valence-electron chi connectivity index (χ1n) is 10.6. The topological polar surface area (TPSA) is 92.7 Å². The van der Waals surface area contributed by atoms with Crippen LogP contribution in [0.5, 0.6) is 11.5 Å². The zero-order valence-electron chi connectivity index (χ0n) is 17.8. The number of fused-ring (bicyclic) bond motifs is 1. The average molecular weight is 432 g/mol. The second kappa shape index (κ2) is 8.70. The van der Waals surface area contributed by atoms with E-state index in [9.17, 15) is 4.79 Å². The van der Waals surface area contributed by atoms with Crippen LogP contribution in [-0.2, 0) is 11.2 Å². The molecule has 164 valence electrons. The lowest BCUT2D eigenvalue weighted by Crippen LogP contribution is -2.49. The van der Waals surface area contributed by atoms with Gasteiger partial charge in [0.25, 0.3) is 0 Å². The van der Waals surface area contributed by atoms with E-state index < -0.39 is 0 Å². The van der Waals surface area contributed by atoms with Gasteiger partial charge in [0.2, 0.25) is 12.7 Å². The zero-order chi connectivity index (χ0) is 21.9. The summed E-state index contributed by atoms with van der Waals surface area (Å²) >= 11 is 0. The van der Waals surface area contributed by atoms with E-state index in [2.05, 4.69) is 25.4 Å². The summed E-state index contributed by atoms with van der Waals surface area (Å²) < 4.78 is 10.7. The highest BCUT2D eigenvalue weighted by Crippen LogP contribution is 2.32. The van der Waals surface area contributed by atoms with E-state index in [0.29, 0.717) is 44.2 Å². The van der Waals surface area contributed by atoms with Gasteiger partial charge in [-0.1, -0.05) is 6.07 Å². The average Bonchev–Trinajstić information content (AvgIpc) is 3.28. The highest BCUT2D eigenvalue weighted by Gasteiger charge is 2.23. The number of amides is 1. The molecule has 0 bridgehead atoms. The first kappa shape index (κ1) is 20.0. The van der Waals surface area contributed by atoms with Crippen LogP contribution < -0.4 is 19.7 Å². The van der Waals surface area contributed by atoms with E-state index in [1.165, 1.54) is 0 Å². The number of nitrogens with one attached hydrogen (secondary N) is 1. The number of aryl methyl sites for hydroxylation is 1. The maximum Gasteiger partial charge on any atom is 0.231 e. The number of anilines is 3. The first-order valence-corrected chi connectivity index (χ1v) is 10.6. The van der Waals surface area contributed by atoms with Gasteiger partial charge in [0.15, 0.2) is 23.1 Å². The van der Waals surface area contributed by atoms with Crippen molar-refractivity contribution in [1.29, 1.82) is 0 Å². The maximum absolute atomic E-state index is 12.7. The van der Waals surface area contributed by atoms with Gasteiger partial charge in [0.05, 0.1) is 6.42 Å². The second-order valence-corrected chi connectivity index (χ2v) is 7.85. The molecule has 1 fully saturated rings. The number of benzene rings is 1. The summed E-state index contributed by atoms with van der Waals surface area (Å²) in [5.41, 5.74) is 2.05. The fourth-order valence-electron chi connectivity index (χ4n) is 3.82. The summed E-state index contributed by atoms with van der Waals surface area (Å²) in [6.07, 6.45) is 2.11. The van der Waals surface area contributed by atoms with Gasteiger partial charge in [0, 0.05) is 32.4 Å². The number of carbonyl (C=O) groups is 1. The van der Waals surface area contributed by atoms with Gasteiger partial charge in [0.1, 0.15) is 5.82 Å². The third kappa shape index (κ3) is 4.41. The number of pyridine rings is 1. The van der Waals surface area contributed by atoms with Crippen molar-refractivity contribution >= 4 is 23.4 Å². The predicted octanol–water partition coefficient (Wildman–Crippen LogP) is 2.54. The van der Waals surface area contributed by atoms with Crippen LogP contribution in [0.2, 0.25) is 0 Å². The fourth-order valence-corrected chi connectivity index (χ4v) is 3.82. The fraction of sp³-hybridized carbons (Fsp3) is 0.304. The number of carbonyl (C=O) groups excluding carboxylic acids is 1. The second-order valence-electron chi connectivity index (χ2n) is 7.85. The molecule has 2 aromatic heterocycles. The Kier molecular flexibility index (Phi) is 5.45. The van der Waals surface area contributed by atoms with Gasteiger partial charge >= 0.3 is 0 Å². The van der Waals surface area contributed by atoms with Crippen molar-refractivity contribution in [3.63, 3.8) is 0 Å². The minimum Gasteiger partial charge on any atom is -0.454 e. The van der Waals surface area contributed by atoms with Crippen LogP contribution in [0, 0.1) is 6.92 Å². The molecule has 0 unspecified atom stereocenters. The van der Waals surface area contributed by atoms with Gasteiger partial charge in [-0.25, -0.2) is 4.98 Å². The Labute approximate surface area is 186 Å².